The van der Waals surface area contributed by atoms with E-state index in [2.05, 4.69) is 9.59 Å². The standard InChI is InChI=1S/C14H15N3O2S/c1-19-11-6-4-10(5-7-11)12-13(20-16-15-12)14(18)17-8-2-3-9-17/h4-7H,2-3,8-9H2,1H3. The Morgan fingerprint density at radius 2 is 1.95 bits per heavy atom. The average molecular weight is 289 g/mol. The summed E-state index contributed by atoms with van der Waals surface area (Å²) < 4.78 is 9.08. The summed E-state index contributed by atoms with van der Waals surface area (Å²) in [6.07, 6.45) is 2.16. The molecule has 1 aromatic heterocycles. The maximum Gasteiger partial charge on any atom is 0.267 e. The summed E-state index contributed by atoms with van der Waals surface area (Å²) in [5.41, 5.74) is 1.55. The molecule has 0 aliphatic carbocycles. The van der Waals surface area contributed by atoms with Gasteiger partial charge in [-0.05, 0) is 48.6 Å². The smallest absolute Gasteiger partial charge is 0.267 e. The van der Waals surface area contributed by atoms with E-state index in [0.29, 0.717) is 10.6 Å². The van der Waals surface area contributed by atoms with E-state index in [9.17, 15) is 4.79 Å². The lowest BCUT2D eigenvalue weighted by Crippen LogP contribution is -2.27. The van der Waals surface area contributed by atoms with Crippen molar-refractivity contribution < 1.29 is 9.53 Å². The molecule has 1 aromatic carbocycles. The Kier molecular flexibility index (Phi) is 3.64. The third-order valence-electron chi connectivity index (χ3n) is 3.44. The molecule has 0 unspecified atom stereocenters. The molecule has 0 N–H and O–H groups in total. The topological polar surface area (TPSA) is 55.3 Å². The maximum absolute atomic E-state index is 12.5. The van der Waals surface area contributed by atoms with Crippen molar-refractivity contribution in [2.45, 2.75) is 12.8 Å². The number of carbonyl (C=O) groups excluding carboxylic acids is 1. The van der Waals surface area contributed by atoms with E-state index in [1.807, 2.05) is 29.2 Å². The molecule has 0 atom stereocenters. The van der Waals surface area contributed by atoms with Crippen LogP contribution in [0.25, 0.3) is 11.3 Å². The Morgan fingerprint density at radius 1 is 1.25 bits per heavy atom. The highest BCUT2D eigenvalue weighted by molar-refractivity contribution is 7.08. The molecule has 6 heteroatoms. The monoisotopic (exact) mass is 289 g/mol. The number of amides is 1. The molecule has 1 fully saturated rings. The largest absolute Gasteiger partial charge is 0.497 e. The van der Waals surface area contributed by atoms with Gasteiger partial charge in [0.05, 0.1) is 7.11 Å². The summed E-state index contributed by atoms with van der Waals surface area (Å²) in [5.74, 6) is 0.827. The SMILES string of the molecule is COc1ccc(-c2nnsc2C(=O)N2CCCC2)cc1. The van der Waals surface area contributed by atoms with Gasteiger partial charge in [-0.3, -0.25) is 4.79 Å². The Balaban J connectivity index is 1.90. The first kappa shape index (κ1) is 13.1. The van der Waals surface area contributed by atoms with E-state index >= 15 is 0 Å². The van der Waals surface area contributed by atoms with Crippen LogP contribution in [-0.2, 0) is 0 Å². The highest BCUT2D eigenvalue weighted by Crippen LogP contribution is 2.27. The summed E-state index contributed by atoms with van der Waals surface area (Å²) in [5, 5.41) is 4.11. The first-order chi connectivity index (χ1) is 9.79. The van der Waals surface area contributed by atoms with E-state index in [-0.39, 0.29) is 5.91 Å². The fourth-order valence-corrected chi connectivity index (χ4v) is 2.99. The van der Waals surface area contributed by atoms with Gasteiger partial charge in [0.1, 0.15) is 16.3 Å². The van der Waals surface area contributed by atoms with Crippen molar-refractivity contribution in [2.24, 2.45) is 0 Å². The molecule has 2 heterocycles. The molecule has 1 aliphatic rings. The third-order valence-corrected chi connectivity index (χ3v) is 4.15. The molecule has 0 spiro atoms. The number of benzene rings is 1. The molecule has 5 nitrogen and oxygen atoms in total. The van der Waals surface area contributed by atoms with Crippen molar-refractivity contribution in [1.29, 1.82) is 0 Å². The zero-order valence-electron chi connectivity index (χ0n) is 11.2. The van der Waals surface area contributed by atoms with Crippen molar-refractivity contribution in [3.8, 4) is 17.0 Å². The molecule has 0 saturated carbocycles. The maximum atomic E-state index is 12.5. The zero-order chi connectivity index (χ0) is 13.9. The van der Waals surface area contributed by atoms with Crippen LogP contribution < -0.4 is 4.74 Å². The van der Waals surface area contributed by atoms with Gasteiger partial charge < -0.3 is 9.64 Å². The number of hydrogen-bond acceptors (Lipinski definition) is 5. The second-order valence-corrected chi connectivity index (χ2v) is 5.43. The highest BCUT2D eigenvalue weighted by atomic mass is 32.1. The van der Waals surface area contributed by atoms with Gasteiger partial charge in [0.25, 0.3) is 5.91 Å². The molecular formula is C14H15N3O2S. The number of methoxy groups -OCH3 is 1. The van der Waals surface area contributed by atoms with E-state index in [0.717, 1.165) is 37.2 Å². The molecule has 1 saturated heterocycles. The highest BCUT2D eigenvalue weighted by Gasteiger charge is 2.25. The van der Waals surface area contributed by atoms with Crippen LogP contribution in [0.15, 0.2) is 24.3 Å². The molecule has 1 amide bonds. The van der Waals surface area contributed by atoms with Gasteiger partial charge in [0.2, 0.25) is 0 Å². The molecule has 104 valence electrons. The normalized spacial score (nSPS) is 14.6. The molecule has 0 bridgehead atoms. The lowest BCUT2D eigenvalue weighted by molar-refractivity contribution is 0.0798. The fraction of sp³-hybridized carbons (Fsp3) is 0.357. The van der Waals surface area contributed by atoms with Gasteiger partial charge in [-0.1, -0.05) is 4.49 Å². The number of ether oxygens (including phenoxy) is 1. The predicted octanol–water partition coefficient (Wildman–Crippen LogP) is 2.45. The van der Waals surface area contributed by atoms with Crippen molar-refractivity contribution in [2.75, 3.05) is 20.2 Å². The van der Waals surface area contributed by atoms with E-state index in [1.54, 1.807) is 7.11 Å². The number of rotatable bonds is 3. The summed E-state index contributed by atoms with van der Waals surface area (Å²) in [4.78, 5) is 15.0. The van der Waals surface area contributed by atoms with Gasteiger partial charge in [-0.2, -0.15) is 0 Å². The number of carbonyl (C=O) groups is 1. The third kappa shape index (κ3) is 2.38. The average Bonchev–Trinajstić information content (AvgIpc) is 3.18. The summed E-state index contributed by atoms with van der Waals surface area (Å²) in [7, 11) is 1.63. The van der Waals surface area contributed by atoms with Crippen LogP contribution in [0.5, 0.6) is 5.75 Å². The molecule has 2 aromatic rings. The van der Waals surface area contributed by atoms with Crippen LogP contribution in [0, 0.1) is 0 Å². The number of hydrogen-bond donors (Lipinski definition) is 0. The Morgan fingerprint density at radius 3 is 2.60 bits per heavy atom. The number of likely N-dealkylation sites (tertiary alicyclic amines) is 1. The van der Waals surface area contributed by atoms with Gasteiger partial charge in [-0.15, -0.1) is 5.10 Å². The predicted molar refractivity (Wildman–Crippen MR) is 77.0 cm³/mol. The van der Waals surface area contributed by atoms with Crippen LogP contribution >= 0.6 is 11.5 Å². The lowest BCUT2D eigenvalue weighted by Gasteiger charge is -2.14. The van der Waals surface area contributed by atoms with E-state index < -0.39 is 0 Å². The Bertz CT molecular complexity index is 603. The fourth-order valence-electron chi connectivity index (χ4n) is 2.33. The molecule has 20 heavy (non-hydrogen) atoms. The Labute approximate surface area is 121 Å². The minimum atomic E-state index is 0.0447. The van der Waals surface area contributed by atoms with Crippen LogP contribution in [-0.4, -0.2) is 40.6 Å². The van der Waals surface area contributed by atoms with Crippen LogP contribution in [0.4, 0.5) is 0 Å². The zero-order valence-corrected chi connectivity index (χ0v) is 12.0. The molecule has 3 rings (SSSR count). The number of aromatic nitrogens is 2. The van der Waals surface area contributed by atoms with Crippen molar-refractivity contribution in [1.82, 2.24) is 14.5 Å². The summed E-state index contributed by atoms with van der Waals surface area (Å²) >= 11 is 1.17. The van der Waals surface area contributed by atoms with Crippen molar-refractivity contribution in [3.05, 3.63) is 29.1 Å². The molecular weight excluding hydrogens is 274 g/mol. The minimum Gasteiger partial charge on any atom is -0.497 e. The van der Waals surface area contributed by atoms with Crippen LogP contribution in [0.3, 0.4) is 0 Å². The van der Waals surface area contributed by atoms with E-state index in [4.69, 9.17) is 4.74 Å². The summed E-state index contributed by atoms with van der Waals surface area (Å²) in [6, 6.07) is 7.52. The Hall–Kier alpha value is -1.95. The first-order valence-corrected chi connectivity index (χ1v) is 7.33. The minimum absolute atomic E-state index is 0.0447. The van der Waals surface area contributed by atoms with Crippen molar-refractivity contribution >= 4 is 17.4 Å². The second-order valence-electron chi connectivity index (χ2n) is 4.68. The second kappa shape index (κ2) is 5.58. The van der Waals surface area contributed by atoms with E-state index in [1.165, 1.54) is 11.5 Å². The quantitative estimate of drug-likeness (QED) is 0.871. The van der Waals surface area contributed by atoms with Crippen LogP contribution in [0.1, 0.15) is 22.5 Å². The van der Waals surface area contributed by atoms with Gasteiger partial charge >= 0.3 is 0 Å². The summed E-state index contributed by atoms with van der Waals surface area (Å²) in [6.45, 7) is 1.66. The molecule has 1 aliphatic heterocycles. The van der Waals surface area contributed by atoms with Crippen molar-refractivity contribution in [3.63, 3.8) is 0 Å². The van der Waals surface area contributed by atoms with Gasteiger partial charge in [0.15, 0.2) is 0 Å². The van der Waals surface area contributed by atoms with Gasteiger partial charge in [-0.25, -0.2) is 0 Å². The lowest BCUT2D eigenvalue weighted by atomic mass is 10.1. The number of nitrogens with zero attached hydrogens (tertiary/aromatic N) is 3. The van der Waals surface area contributed by atoms with Crippen LogP contribution in [0.2, 0.25) is 0 Å². The van der Waals surface area contributed by atoms with Gasteiger partial charge in [0, 0.05) is 18.7 Å². The molecule has 0 radical (unpaired) electrons. The first-order valence-electron chi connectivity index (χ1n) is 6.55.